The van der Waals surface area contributed by atoms with Gasteiger partial charge in [0.25, 0.3) is 5.91 Å². The molecular formula is C21H28N2O4S2. The van der Waals surface area contributed by atoms with E-state index >= 15 is 0 Å². The lowest BCUT2D eigenvalue weighted by molar-refractivity contribution is 0.0509. The predicted molar refractivity (Wildman–Crippen MR) is 115 cm³/mol. The van der Waals surface area contributed by atoms with Crippen LogP contribution in [0.25, 0.3) is 0 Å². The summed E-state index contributed by atoms with van der Waals surface area (Å²) in [5, 5.41) is 1.99. The summed E-state index contributed by atoms with van der Waals surface area (Å²) in [6.07, 6.45) is 2.73. The van der Waals surface area contributed by atoms with Crippen molar-refractivity contribution in [2.24, 2.45) is 0 Å². The van der Waals surface area contributed by atoms with Gasteiger partial charge >= 0.3 is 0 Å². The van der Waals surface area contributed by atoms with Crippen molar-refractivity contribution in [2.45, 2.75) is 56.7 Å². The van der Waals surface area contributed by atoms with Gasteiger partial charge in [0.1, 0.15) is 0 Å². The van der Waals surface area contributed by atoms with Crippen LogP contribution in [0.3, 0.4) is 0 Å². The first-order chi connectivity index (χ1) is 13.9. The minimum Gasteiger partial charge on any atom is -0.376 e. The SMILES string of the molecule is CCC(C)NS(=O)(=O)c1ccc(C(=O)N(Cc2cccs2)CC2CCCO2)cc1. The summed E-state index contributed by atoms with van der Waals surface area (Å²) < 4.78 is 33.2. The lowest BCUT2D eigenvalue weighted by atomic mass is 10.1. The van der Waals surface area contributed by atoms with Crippen LogP contribution in [0, 0.1) is 0 Å². The highest BCUT2D eigenvalue weighted by molar-refractivity contribution is 7.89. The van der Waals surface area contributed by atoms with E-state index in [1.807, 2.05) is 31.4 Å². The van der Waals surface area contributed by atoms with Gasteiger partial charge < -0.3 is 9.64 Å². The monoisotopic (exact) mass is 436 g/mol. The van der Waals surface area contributed by atoms with Crippen molar-refractivity contribution in [2.75, 3.05) is 13.2 Å². The van der Waals surface area contributed by atoms with Gasteiger partial charge in [0.15, 0.2) is 0 Å². The molecule has 2 unspecified atom stereocenters. The van der Waals surface area contributed by atoms with Crippen LogP contribution < -0.4 is 4.72 Å². The molecule has 1 aromatic carbocycles. The van der Waals surface area contributed by atoms with Crippen LogP contribution in [0.15, 0.2) is 46.7 Å². The lowest BCUT2D eigenvalue weighted by Crippen LogP contribution is -2.36. The molecule has 1 aromatic heterocycles. The third-order valence-electron chi connectivity index (χ3n) is 5.04. The van der Waals surface area contributed by atoms with E-state index < -0.39 is 10.0 Å². The minimum atomic E-state index is -3.59. The molecule has 0 radical (unpaired) electrons. The molecule has 0 spiro atoms. The maximum Gasteiger partial charge on any atom is 0.254 e. The molecular weight excluding hydrogens is 408 g/mol. The first-order valence-electron chi connectivity index (χ1n) is 9.94. The number of hydrogen-bond donors (Lipinski definition) is 1. The molecule has 6 nitrogen and oxygen atoms in total. The summed E-state index contributed by atoms with van der Waals surface area (Å²) >= 11 is 1.61. The minimum absolute atomic E-state index is 0.0540. The zero-order valence-electron chi connectivity index (χ0n) is 16.8. The van der Waals surface area contributed by atoms with Gasteiger partial charge in [-0.15, -0.1) is 11.3 Å². The first kappa shape index (κ1) is 22.0. The summed E-state index contributed by atoms with van der Waals surface area (Å²) in [5.41, 5.74) is 0.474. The van der Waals surface area contributed by atoms with E-state index in [0.29, 0.717) is 25.1 Å². The molecule has 1 fully saturated rings. The first-order valence-corrected chi connectivity index (χ1v) is 12.3. The van der Waals surface area contributed by atoms with Gasteiger partial charge in [0, 0.05) is 29.6 Å². The third kappa shape index (κ3) is 5.88. The average molecular weight is 437 g/mol. The topological polar surface area (TPSA) is 75.7 Å². The molecule has 2 heterocycles. The summed E-state index contributed by atoms with van der Waals surface area (Å²) in [6, 6.07) is 10.00. The zero-order valence-corrected chi connectivity index (χ0v) is 18.5. The van der Waals surface area contributed by atoms with E-state index in [2.05, 4.69) is 4.72 Å². The number of nitrogens with zero attached hydrogens (tertiary/aromatic N) is 1. The van der Waals surface area contributed by atoms with E-state index in [-0.39, 0.29) is 22.9 Å². The Kier molecular flexibility index (Phi) is 7.45. The Labute approximate surface area is 176 Å². The van der Waals surface area contributed by atoms with Gasteiger partial charge in [-0.2, -0.15) is 0 Å². The molecule has 1 aliphatic heterocycles. The molecule has 0 saturated carbocycles. The number of carbonyl (C=O) groups is 1. The number of hydrogen-bond acceptors (Lipinski definition) is 5. The Morgan fingerprint density at radius 3 is 2.66 bits per heavy atom. The van der Waals surface area contributed by atoms with Crippen LogP contribution in [-0.4, -0.2) is 44.5 Å². The zero-order chi connectivity index (χ0) is 20.9. The third-order valence-corrected chi connectivity index (χ3v) is 7.51. The largest absolute Gasteiger partial charge is 0.376 e. The second-order valence-corrected chi connectivity index (χ2v) is 10.1. The standard InChI is InChI=1S/C21H28N2O4S2/c1-3-16(2)22-29(25,26)20-10-8-17(9-11-20)21(24)23(14-18-6-4-12-27-18)15-19-7-5-13-28-19/h5,7-11,13,16,18,22H,3-4,6,12,14-15H2,1-2H3. The number of sulfonamides is 1. The summed E-state index contributed by atoms with van der Waals surface area (Å²) in [4.78, 5) is 16.2. The van der Waals surface area contributed by atoms with Gasteiger partial charge in [0.2, 0.25) is 10.0 Å². The summed E-state index contributed by atoms with van der Waals surface area (Å²) in [7, 11) is -3.59. The fourth-order valence-electron chi connectivity index (χ4n) is 3.22. The maximum absolute atomic E-state index is 13.2. The number of thiophene rings is 1. The molecule has 2 atom stereocenters. The van der Waals surface area contributed by atoms with Crippen molar-refractivity contribution in [3.8, 4) is 0 Å². The van der Waals surface area contributed by atoms with Crippen LogP contribution in [-0.2, 0) is 21.3 Å². The molecule has 2 aromatic rings. The molecule has 1 amide bonds. The van der Waals surface area contributed by atoms with Gasteiger partial charge in [0.05, 0.1) is 17.5 Å². The highest BCUT2D eigenvalue weighted by atomic mass is 32.2. The summed E-state index contributed by atoms with van der Waals surface area (Å²) in [5.74, 6) is -0.118. The Morgan fingerprint density at radius 1 is 1.31 bits per heavy atom. The van der Waals surface area contributed by atoms with E-state index in [4.69, 9.17) is 4.74 Å². The van der Waals surface area contributed by atoms with Crippen LogP contribution in [0.5, 0.6) is 0 Å². The molecule has 8 heteroatoms. The Morgan fingerprint density at radius 2 is 2.07 bits per heavy atom. The van der Waals surface area contributed by atoms with Gasteiger partial charge in [-0.1, -0.05) is 13.0 Å². The fraction of sp³-hybridized carbons (Fsp3) is 0.476. The van der Waals surface area contributed by atoms with Crippen LogP contribution >= 0.6 is 11.3 Å². The van der Waals surface area contributed by atoms with Gasteiger partial charge in [-0.25, -0.2) is 13.1 Å². The molecule has 0 aliphatic carbocycles. The molecule has 0 bridgehead atoms. The van der Waals surface area contributed by atoms with Crippen molar-refractivity contribution in [1.29, 1.82) is 0 Å². The van der Waals surface area contributed by atoms with E-state index in [1.165, 1.54) is 12.1 Å². The van der Waals surface area contributed by atoms with E-state index in [9.17, 15) is 13.2 Å². The second kappa shape index (κ2) is 9.84. The van der Waals surface area contributed by atoms with Crippen molar-refractivity contribution in [1.82, 2.24) is 9.62 Å². The van der Waals surface area contributed by atoms with E-state index in [1.54, 1.807) is 28.4 Å². The molecule has 158 valence electrons. The highest BCUT2D eigenvalue weighted by Crippen LogP contribution is 2.20. The van der Waals surface area contributed by atoms with E-state index in [0.717, 1.165) is 24.3 Å². The number of nitrogens with one attached hydrogen (secondary N) is 1. The lowest BCUT2D eigenvalue weighted by Gasteiger charge is -2.25. The normalized spacial score (nSPS) is 17.9. The van der Waals surface area contributed by atoms with Crippen molar-refractivity contribution in [3.63, 3.8) is 0 Å². The fourth-order valence-corrected chi connectivity index (χ4v) is 5.27. The van der Waals surface area contributed by atoms with Crippen LogP contribution in [0.4, 0.5) is 0 Å². The Balaban J connectivity index is 1.76. The molecule has 29 heavy (non-hydrogen) atoms. The number of rotatable bonds is 9. The van der Waals surface area contributed by atoms with Gasteiger partial charge in [-0.05, 0) is 61.9 Å². The predicted octanol–water partition coefficient (Wildman–Crippen LogP) is 3.65. The highest BCUT2D eigenvalue weighted by Gasteiger charge is 2.24. The summed E-state index contributed by atoms with van der Waals surface area (Å²) in [6.45, 7) is 5.54. The Bertz CT molecular complexity index is 889. The maximum atomic E-state index is 13.2. The molecule has 1 saturated heterocycles. The quantitative estimate of drug-likeness (QED) is 0.651. The number of benzene rings is 1. The Hall–Kier alpha value is -1.74. The second-order valence-electron chi connectivity index (χ2n) is 7.36. The van der Waals surface area contributed by atoms with Crippen molar-refractivity contribution < 1.29 is 17.9 Å². The van der Waals surface area contributed by atoms with Crippen LogP contribution in [0.1, 0.15) is 48.3 Å². The van der Waals surface area contributed by atoms with Crippen molar-refractivity contribution in [3.05, 3.63) is 52.2 Å². The molecule has 3 rings (SSSR count). The molecule has 1 aliphatic rings. The molecule has 1 N–H and O–H groups in total. The average Bonchev–Trinajstić information content (AvgIpc) is 3.41. The number of amides is 1. The van der Waals surface area contributed by atoms with Crippen LogP contribution in [0.2, 0.25) is 0 Å². The van der Waals surface area contributed by atoms with Crippen molar-refractivity contribution >= 4 is 27.3 Å². The smallest absolute Gasteiger partial charge is 0.254 e. The number of ether oxygens (including phenoxy) is 1. The number of carbonyl (C=O) groups excluding carboxylic acids is 1. The van der Waals surface area contributed by atoms with Gasteiger partial charge in [-0.3, -0.25) is 4.79 Å².